The molecular weight excluding hydrogens is 244 g/mol. The van der Waals surface area contributed by atoms with Crippen molar-refractivity contribution in [3.05, 3.63) is 18.1 Å². The molecule has 0 atom stereocenters. The van der Waals surface area contributed by atoms with E-state index in [0.717, 1.165) is 18.4 Å². The van der Waals surface area contributed by atoms with Gasteiger partial charge in [0.2, 0.25) is 0 Å². The molecule has 0 saturated heterocycles. The molecule has 0 aromatic rings. The molecule has 15 heavy (non-hydrogen) atoms. The van der Waals surface area contributed by atoms with E-state index in [-0.39, 0.29) is 19.5 Å². The van der Waals surface area contributed by atoms with Crippen LogP contribution in [0.3, 0.4) is 0 Å². The van der Waals surface area contributed by atoms with Crippen LogP contribution in [0.1, 0.15) is 33.6 Å². The van der Waals surface area contributed by atoms with E-state index in [1.165, 1.54) is 0 Å². The Hall–Kier alpha value is -0.807. The molecule has 1 rings (SSSR count). The van der Waals surface area contributed by atoms with Crippen molar-refractivity contribution in [2.24, 2.45) is 5.41 Å². The third kappa shape index (κ3) is 8.21. The Labute approximate surface area is 104 Å². The van der Waals surface area contributed by atoms with Gasteiger partial charge in [-0.2, -0.15) is 12.5 Å². The van der Waals surface area contributed by atoms with Crippen LogP contribution < -0.4 is 0 Å². The molecule has 0 bridgehead atoms. The smallest absolute Gasteiger partial charge is 0.308 e. The maximum atomic E-state index is 10.0. The molecule has 80 valence electrons. The first-order valence-electron chi connectivity index (χ1n) is 4.55. The Balaban J connectivity index is 0. The molecule has 0 aromatic heterocycles. The summed E-state index contributed by atoms with van der Waals surface area (Å²) in [5, 5.41) is 16.5. The second-order valence-electron chi connectivity index (χ2n) is 4.11. The molecule has 0 fully saturated rings. The summed E-state index contributed by atoms with van der Waals surface area (Å²) in [6, 6.07) is 2.07. The normalized spacial score (nSPS) is 13.3. The summed E-state index contributed by atoms with van der Waals surface area (Å²) >= 11 is 0. The van der Waals surface area contributed by atoms with Crippen molar-refractivity contribution >= 4 is 5.97 Å². The van der Waals surface area contributed by atoms with Gasteiger partial charge in [0.1, 0.15) is 0 Å². The van der Waals surface area contributed by atoms with E-state index >= 15 is 0 Å². The minimum Gasteiger partial charge on any atom is -0.481 e. The van der Waals surface area contributed by atoms with Crippen LogP contribution in [0.25, 0.3) is 0 Å². The van der Waals surface area contributed by atoms with Crippen LogP contribution in [0.5, 0.6) is 0 Å². The van der Waals surface area contributed by atoms with Crippen LogP contribution in [-0.2, 0) is 24.3 Å². The molecule has 0 saturated carbocycles. The molecule has 1 N–H and O–H groups in total. The first-order chi connectivity index (χ1) is 6.38. The van der Waals surface area contributed by atoms with Gasteiger partial charge in [0.05, 0.1) is 5.41 Å². The van der Waals surface area contributed by atoms with Crippen molar-refractivity contribution in [3.63, 3.8) is 0 Å². The maximum absolute atomic E-state index is 10.0. The second kappa shape index (κ2) is 7.48. The second-order valence-corrected chi connectivity index (χ2v) is 4.11. The van der Waals surface area contributed by atoms with Crippen LogP contribution in [0.2, 0.25) is 0 Å². The van der Waals surface area contributed by atoms with Gasteiger partial charge < -0.3 is 5.11 Å². The maximum Gasteiger partial charge on any atom is 0.308 e. The summed E-state index contributed by atoms with van der Waals surface area (Å²) in [5.74, 6) is -0.757. The fourth-order valence-corrected chi connectivity index (χ4v) is 0.652. The number of nitrogens with zero attached hydrogens (tertiary/aromatic N) is 1. The van der Waals surface area contributed by atoms with Crippen molar-refractivity contribution in [1.82, 2.24) is 0 Å². The van der Waals surface area contributed by atoms with E-state index in [9.17, 15) is 4.79 Å². The van der Waals surface area contributed by atoms with Gasteiger partial charge in [0.25, 0.3) is 0 Å². The molecule has 0 radical (unpaired) electrons. The van der Waals surface area contributed by atoms with Gasteiger partial charge in [-0.3, -0.25) is 10.1 Å². The van der Waals surface area contributed by atoms with Crippen LogP contribution >= 0.6 is 0 Å². The minimum atomic E-state index is -0.757. The third-order valence-electron chi connectivity index (χ3n) is 1.67. The number of carbonyl (C=O) groups is 1. The predicted octanol–water partition coefficient (Wildman–Crippen LogP) is 2.55. The molecule has 0 heterocycles. The summed E-state index contributed by atoms with van der Waals surface area (Å²) in [6.45, 7) is 4.99. The van der Waals surface area contributed by atoms with Crippen LogP contribution in [-0.4, -0.2) is 11.1 Å². The number of carboxylic acid groups (broad SMARTS) is 1. The molecule has 1 aliphatic carbocycles. The Bertz CT molecular complexity index is 271. The van der Waals surface area contributed by atoms with Gasteiger partial charge in [-0.25, -0.2) is 0 Å². The fourth-order valence-electron chi connectivity index (χ4n) is 0.652. The van der Waals surface area contributed by atoms with Crippen molar-refractivity contribution in [1.29, 1.82) is 5.26 Å². The fraction of sp³-hybridized carbons (Fsp3) is 0.545. The zero-order chi connectivity index (χ0) is 11.2. The van der Waals surface area contributed by atoms with Crippen molar-refractivity contribution in [2.45, 2.75) is 33.6 Å². The first-order valence-corrected chi connectivity index (χ1v) is 4.55. The molecule has 1 aliphatic rings. The van der Waals surface area contributed by atoms with Gasteiger partial charge in [-0.1, -0.05) is 18.9 Å². The number of allylic oxidation sites excluding steroid dienone is 2. The molecule has 0 spiro atoms. The van der Waals surface area contributed by atoms with Gasteiger partial charge in [-0.15, -0.1) is 5.57 Å². The van der Waals surface area contributed by atoms with E-state index < -0.39 is 11.4 Å². The Morgan fingerprint density at radius 1 is 1.60 bits per heavy atom. The van der Waals surface area contributed by atoms with Gasteiger partial charge in [0, 0.05) is 19.5 Å². The van der Waals surface area contributed by atoms with E-state index in [2.05, 4.69) is 6.07 Å². The van der Waals surface area contributed by atoms with Crippen molar-refractivity contribution in [3.8, 4) is 6.07 Å². The van der Waals surface area contributed by atoms with E-state index in [4.69, 9.17) is 10.4 Å². The zero-order valence-corrected chi connectivity index (χ0v) is 12.5. The number of aliphatic carboxylic acids is 1. The topological polar surface area (TPSA) is 61.1 Å². The molecule has 0 aromatic carbocycles. The minimum absolute atomic E-state index is 0. The molecule has 0 amide bonds. The van der Waals surface area contributed by atoms with Crippen molar-refractivity contribution in [2.75, 3.05) is 0 Å². The SMILES string of the molecule is CC(C)(C)C(=O)O.N#CC1=CCC[CH-]1.[Zn]. The largest absolute Gasteiger partial charge is 0.481 e. The summed E-state index contributed by atoms with van der Waals surface area (Å²) < 4.78 is 0. The van der Waals surface area contributed by atoms with Crippen LogP contribution in [0.4, 0.5) is 0 Å². The molecule has 4 heteroatoms. The summed E-state index contributed by atoms with van der Waals surface area (Å²) in [5.41, 5.74) is 0.264. The van der Waals surface area contributed by atoms with Gasteiger partial charge in [0.15, 0.2) is 0 Å². The van der Waals surface area contributed by atoms with Gasteiger partial charge in [-0.05, 0) is 20.8 Å². The average molecular weight is 260 g/mol. The van der Waals surface area contributed by atoms with Crippen LogP contribution in [0, 0.1) is 23.2 Å². The van der Waals surface area contributed by atoms with Crippen LogP contribution in [0.15, 0.2) is 11.6 Å². The number of carboxylic acids is 1. The Morgan fingerprint density at radius 2 is 2.07 bits per heavy atom. The molecule has 3 nitrogen and oxygen atoms in total. The van der Waals surface area contributed by atoms with E-state index in [0.29, 0.717) is 0 Å². The Kier molecular flexibility index (Phi) is 8.29. The van der Waals surface area contributed by atoms with E-state index in [1.54, 1.807) is 20.8 Å². The van der Waals surface area contributed by atoms with Gasteiger partial charge >= 0.3 is 5.97 Å². The summed E-state index contributed by atoms with van der Waals surface area (Å²) in [4.78, 5) is 10.0. The number of nitriles is 1. The number of rotatable bonds is 0. The standard InChI is InChI=1S/C6H6N.C5H10O2.Zn/c7-5-6-3-1-2-4-6;1-5(2,3)4(6)7;/h3-4H,1-2H2;1-3H3,(H,6,7);/q-1;;. The van der Waals surface area contributed by atoms with Crippen molar-refractivity contribution < 1.29 is 29.4 Å². The molecule has 0 unspecified atom stereocenters. The molecular formula is C11H16NO2Zn-. The van der Waals surface area contributed by atoms with E-state index in [1.807, 2.05) is 12.5 Å². The zero-order valence-electron chi connectivity index (χ0n) is 9.58. The summed E-state index contributed by atoms with van der Waals surface area (Å²) in [7, 11) is 0. The first kappa shape index (κ1) is 16.6. The predicted molar refractivity (Wildman–Crippen MR) is 54.3 cm³/mol. The average Bonchev–Trinajstić information content (AvgIpc) is 2.54. The quantitative estimate of drug-likeness (QED) is 0.537. The number of hydrogen-bond donors (Lipinski definition) is 1. The Morgan fingerprint density at radius 3 is 2.20 bits per heavy atom. The number of hydrogen-bond acceptors (Lipinski definition) is 2. The molecule has 0 aliphatic heterocycles. The monoisotopic (exact) mass is 258 g/mol. The summed E-state index contributed by atoms with van der Waals surface area (Å²) in [6.07, 6.45) is 6.03. The third-order valence-corrected chi connectivity index (χ3v) is 1.67.